The van der Waals surface area contributed by atoms with Crippen LogP contribution in [0.2, 0.25) is 0 Å². The Morgan fingerprint density at radius 1 is 1.25 bits per heavy atom. The first-order valence-corrected chi connectivity index (χ1v) is 8.09. The summed E-state index contributed by atoms with van der Waals surface area (Å²) in [6.07, 6.45) is -2.38. The molecule has 0 bridgehead atoms. The van der Waals surface area contributed by atoms with Gasteiger partial charge in [-0.05, 0) is 43.3 Å². The second-order valence-corrected chi connectivity index (χ2v) is 6.27. The van der Waals surface area contributed by atoms with Crippen LogP contribution in [-0.4, -0.2) is 24.0 Å². The molecule has 1 aromatic heterocycles. The molecular formula is C16H14F3N3OS. The van der Waals surface area contributed by atoms with Crippen LogP contribution >= 0.6 is 11.8 Å². The molecule has 0 unspecified atom stereocenters. The average molecular weight is 353 g/mol. The van der Waals surface area contributed by atoms with Gasteiger partial charge in [-0.25, -0.2) is 4.98 Å². The number of nitrogens with zero attached hydrogens (tertiary/aromatic N) is 2. The van der Waals surface area contributed by atoms with Gasteiger partial charge in [0.05, 0.1) is 16.8 Å². The molecule has 0 radical (unpaired) electrons. The maximum Gasteiger partial charge on any atom is 0.416 e. The fourth-order valence-electron chi connectivity index (χ4n) is 2.46. The van der Waals surface area contributed by atoms with E-state index in [1.165, 1.54) is 17.2 Å². The predicted octanol–water partition coefficient (Wildman–Crippen LogP) is 3.56. The summed E-state index contributed by atoms with van der Waals surface area (Å²) >= 11 is 1.07. The van der Waals surface area contributed by atoms with Crippen molar-refractivity contribution in [1.29, 1.82) is 0 Å². The second kappa shape index (κ2) is 6.45. The van der Waals surface area contributed by atoms with E-state index in [4.69, 9.17) is 5.73 Å². The van der Waals surface area contributed by atoms with Crippen molar-refractivity contribution in [2.45, 2.75) is 22.5 Å². The van der Waals surface area contributed by atoms with E-state index < -0.39 is 11.7 Å². The second-order valence-electron chi connectivity index (χ2n) is 5.24. The van der Waals surface area contributed by atoms with Crippen LogP contribution in [0.25, 0.3) is 0 Å². The van der Waals surface area contributed by atoms with Crippen molar-refractivity contribution in [1.82, 2.24) is 4.98 Å². The van der Waals surface area contributed by atoms with Crippen molar-refractivity contribution in [3.8, 4) is 0 Å². The number of nitrogens with two attached hydrogens (primary N) is 1. The maximum atomic E-state index is 13.0. The smallest absolute Gasteiger partial charge is 0.330 e. The number of pyridine rings is 1. The fraction of sp³-hybridized carbons (Fsp3) is 0.250. The summed E-state index contributed by atoms with van der Waals surface area (Å²) in [6.45, 7) is 0.718. The first-order valence-electron chi connectivity index (χ1n) is 7.28. The van der Waals surface area contributed by atoms with Crippen LogP contribution in [0.5, 0.6) is 0 Å². The molecule has 0 spiro atoms. The number of aromatic nitrogens is 1. The van der Waals surface area contributed by atoms with E-state index in [1.54, 1.807) is 12.1 Å². The molecule has 2 N–H and O–H groups in total. The van der Waals surface area contributed by atoms with Crippen molar-refractivity contribution in [3.05, 3.63) is 47.7 Å². The van der Waals surface area contributed by atoms with E-state index in [0.29, 0.717) is 40.7 Å². The van der Waals surface area contributed by atoms with Gasteiger partial charge in [-0.15, -0.1) is 0 Å². The Hall–Kier alpha value is -2.06. The molecule has 2 aromatic rings. The highest BCUT2D eigenvalue weighted by atomic mass is 32.2. The fourth-order valence-corrected chi connectivity index (χ4v) is 3.52. The van der Waals surface area contributed by atoms with Gasteiger partial charge in [-0.3, -0.25) is 4.79 Å². The summed E-state index contributed by atoms with van der Waals surface area (Å²) in [5.41, 5.74) is 5.60. The molecule has 0 saturated carbocycles. The molecule has 0 atom stereocenters. The molecule has 1 aromatic carbocycles. The van der Waals surface area contributed by atoms with Crippen LogP contribution in [0, 0.1) is 0 Å². The van der Waals surface area contributed by atoms with E-state index in [1.807, 2.05) is 0 Å². The molecule has 3 rings (SSSR count). The van der Waals surface area contributed by atoms with Crippen molar-refractivity contribution in [3.63, 3.8) is 0 Å². The number of carbonyl (C=O) groups is 1. The number of benzene rings is 1. The standard InChI is InChI=1S/C16H14F3N3OS/c17-16(18,19)10-4-5-12-13(9-10)24-14-11(3-1-7-21-14)15(23)22(12)8-2-6-20/h1,3-5,7,9H,2,6,8,20H2. The molecule has 0 aliphatic carbocycles. The minimum absolute atomic E-state index is 0.280. The zero-order chi connectivity index (χ0) is 17.3. The summed E-state index contributed by atoms with van der Waals surface area (Å²) in [7, 11) is 0. The number of rotatable bonds is 3. The minimum atomic E-state index is -4.44. The molecule has 1 amide bonds. The maximum absolute atomic E-state index is 13.0. The van der Waals surface area contributed by atoms with Gasteiger partial charge in [-0.1, -0.05) is 11.8 Å². The van der Waals surface area contributed by atoms with E-state index in [0.717, 1.165) is 23.9 Å². The summed E-state index contributed by atoms with van der Waals surface area (Å²) in [6, 6.07) is 6.66. The molecule has 1 aliphatic heterocycles. The Morgan fingerprint density at radius 2 is 2.04 bits per heavy atom. The molecule has 0 fully saturated rings. The predicted molar refractivity (Wildman–Crippen MR) is 85.2 cm³/mol. The zero-order valence-corrected chi connectivity index (χ0v) is 13.3. The van der Waals surface area contributed by atoms with E-state index >= 15 is 0 Å². The van der Waals surface area contributed by atoms with Crippen LogP contribution in [0.3, 0.4) is 0 Å². The number of anilines is 1. The van der Waals surface area contributed by atoms with Gasteiger partial charge in [-0.2, -0.15) is 13.2 Å². The lowest BCUT2D eigenvalue weighted by Crippen LogP contribution is -2.33. The van der Waals surface area contributed by atoms with Gasteiger partial charge in [0.25, 0.3) is 5.91 Å². The largest absolute Gasteiger partial charge is 0.416 e. The summed E-state index contributed by atoms with van der Waals surface area (Å²) < 4.78 is 39.0. The number of amides is 1. The molecule has 126 valence electrons. The quantitative estimate of drug-likeness (QED) is 0.917. The Labute approximate surface area is 140 Å². The first-order chi connectivity index (χ1) is 11.4. The summed E-state index contributed by atoms with van der Waals surface area (Å²) in [5, 5.41) is 0.401. The molecule has 24 heavy (non-hydrogen) atoms. The number of halogens is 3. The van der Waals surface area contributed by atoms with Gasteiger partial charge < -0.3 is 10.6 Å². The number of hydrogen-bond donors (Lipinski definition) is 1. The Morgan fingerprint density at radius 3 is 2.75 bits per heavy atom. The monoisotopic (exact) mass is 353 g/mol. The molecule has 8 heteroatoms. The van der Waals surface area contributed by atoms with Gasteiger partial charge in [0.15, 0.2) is 0 Å². The van der Waals surface area contributed by atoms with Crippen LogP contribution in [0.1, 0.15) is 22.3 Å². The third kappa shape index (κ3) is 3.11. The molecule has 1 aliphatic rings. The number of carbonyl (C=O) groups excluding carboxylic acids is 1. The number of hydrogen-bond acceptors (Lipinski definition) is 4. The lowest BCUT2D eigenvalue weighted by molar-refractivity contribution is -0.137. The van der Waals surface area contributed by atoms with E-state index in [9.17, 15) is 18.0 Å². The number of alkyl halides is 3. The molecule has 2 heterocycles. The van der Waals surface area contributed by atoms with Crippen molar-refractivity contribution < 1.29 is 18.0 Å². The third-order valence-corrected chi connectivity index (χ3v) is 4.68. The van der Waals surface area contributed by atoms with Gasteiger partial charge in [0.1, 0.15) is 5.03 Å². The van der Waals surface area contributed by atoms with Gasteiger partial charge >= 0.3 is 6.18 Å². The van der Waals surface area contributed by atoms with Crippen LogP contribution < -0.4 is 10.6 Å². The SMILES string of the molecule is NCCCN1C(=O)c2cccnc2Sc2cc(C(F)(F)F)ccc21. The Balaban J connectivity index is 2.14. The van der Waals surface area contributed by atoms with Crippen molar-refractivity contribution in [2.24, 2.45) is 5.73 Å². The third-order valence-electron chi connectivity index (χ3n) is 3.62. The zero-order valence-electron chi connectivity index (χ0n) is 12.5. The van der Waals surface area contributed by atoms with Crippen LogP contribution in [0.15, 0.2) is 46.5 Å². The highest BCUT2D eigenvalue weighted by Crippen LogP contribution is 2.43. The lowest BCUT2D eigenvalue weighted by Gasteiger charge is -2.23. The highest BCUT2D eigenvalue weighted by Gasteiger charge is 2.34. The van der Waals surface area contributed by atoms with E-state index in [-0.39, 0.29) is 5.91 Å². The molecule has 4 nitrogen and oxygen atoms in total. The normalized spacial score (nSPS) is 14.2. The van der Waals surface area contributed by atoms with Gasteiger partial charge in [0, 0.05) is 17.6 Å². The number of fused-ring (bicyclic) bond motifs is 2. The topological polar surface area (TPSA) is 59.2 Å². The Kier molecular flexibility index (Phi) is 4.51. The molecule has 0 saturated heterocycles. The van der Waals surface area contributed by atoms with Gasteiger partial charge in [0.2, 0.25) is 0 Å². The van der Waals surface area contributed by atoms with Crippen LogP contribution in [0.4, 0.5) is 18.9 Å². The van der Waals surface area contributed by atoms with E-state index in [2.05, 4.69) is 4.98 Å². The molecular weight excluding hydrogens is 339 g/mol. The minimum Gasteiger partial charge on any atom is -0.330 e. The van der Waals surface area contributed by atoms with Crippen molar-refractivity contribution >= 4 is 23.4 Å². The Bertz CT molecular complexity index is 779. The lowest BCUT2D eigenvalue weighted by atomic mass is 10.1. The average Bonchev–Trinajstić information content (AvgIpc) is 2.66. The van der Waals surface area contributed by atoms with Crippen molar-refractivity contribution in [2.75, 3.05) is 18.0 Å². The summed E-state index contributed by atoms with van der Waals surface area (Å²) in [4.78, 5) is 18.8. The highest BCUT2D eigenvalue weighted by molar-refractivity contribution is 7.99. The summed E-state index contributed by atoms with van der Waals surface area (Å²) in [5.74, 6) is -0.280. The first kappa shape index (κ1) is 16.8. The van der Waals surface area contributed by atoms with Crippen LogP contribution in [-0.2, 0) is 6.18 Å².